The lowest BCUT2D eigenvalue weighted by Crippen LogP contribution is -2.49. The minimum Gasteiger partial charge on any atom is -0.430 e. The maximum atomic E-state index is 11.6. The van der Waals surface area contributed by atoms with Crippen LogP contribution in [0.1, 0.15) is 34.1 Å². The molecule has 1 heterocycles. The van der Waals surface area contributed by atoms with E-state index in [2.05, 4.69) is 13.8 Å². The minimum absolute atomic E-state index is 0.170. The third-order valence-electron chi connectivity index (χ3n) is 3.77. The summed E-state index contributed by atoms with van der Waals surface area (Å²) in [5.74, 6) is 0.464. The van der Waals surface area contributed by atoms with E-state index in [1.165, 1.54) is 0 Å². The zero-order chi connectivity index (χ0) is 15.5. The van der Waals surface area contributed by atoms with Crippen LogP contribution in [0.3, 0.4) is 0 Å². The van der Waals surface area contributed by atoms with Crippen LogP contribution in [0.15, 0.2) is 0 Å². The summed E-state index contributed by atoms with van der Waals surface area (Å²) < 4.78 is 14.3. The quantitative estimate of drug-likeness (QED) is 0.562. The fourth-order valence-electron chi connectivity index (χ4n) is 2.50. The molecule has 4 nitrogen and oxygen atoms in total. The number of rotatable bonds is 3. The van der Waals surface area contributed by atoms with Gasteiger partial charge >= 0.3 is 6.16 Å². The van der Waals surface area contributed by atoms with Gasteiger partial charge in [-0.15, -0.1) is 0 Å². The molecule has 0 aliphatic carbocycles. The number of ether oxygens (including phenoxy) is 3. The summed E-state index contributed by atoms with van der Waals surface area (Å²) in [6, 6.07) is 0. The summed E-state index contributed by atoms with van der Waals surface area (Å²) in [6.07, 6.45) is -0.287. The normalized spacial score (nSPS) is 34.6. The molecule has 0 spiro atoms. The number of carbonyl (C=O) groups is 1. The molecule has 0 N–H and O–H groups in total. The second kappa shape index (κ2) is 7.39. The molecule has 2 unspecified atom stereocenters. The summed E-state index contributed by atoms with van der Waals surface area (Å²) in [6.45, 7) is 7.75. The first-order valence-corrected chi connectivity index (χ1v) is 7.84. The van der Waals surface area contributed by atoms with E-state index < -0.39 is 9.95 Å². The van der Waals surface area contributed by atoms with E-state index in [0.717, 1.165) is 6.42 Å². The molecule has 1 saturated heterocycles. The van der Waals surface area contributed by atoms with Crippen molar-refractivity contribution in [3.05, 3.63) is 0 Å². The molecule has 0 saturated carbocycles. The molecule has 118 valence electrons. The predicted molar refractivity (Wildman–Crippen MR) is 79.5 cm³/mol. The van der Waals surface area contributed by atoms with Gasteiger partial charge in [0.05, 0.1) is 12.2 Å². The van der Waals surface area contributed by atoms with Crippen LogP contribution in [0.25, 0.3) is 0 Å². The van der Waals surface area contributed by atoms with Crippen LogP contribution in [0.4, 0.5) is 4.79 Å². The topological polar surface area (TPSA) is 44.8 Å². The predicted octanol–water partition coefficient (Wildman–Crippen LogP) is 4.35. The summed E-state index contributed by atoms with van der Waals surface area (Å²) in [4.78, 5) is 11.6. The molecule has 0 bridgehead atoms. The van der Waals surface area contributed by atoms with Crippen molar-refractivity contribution in [2.45, 2.75) is 56.2 Å². The van der Waals surface area contributed by atoms with E-state index in [9.17, 15) is 4.79 Å². The molecule has 0 aromatic carbocycles. The molecule has 1 aliphatic heterocycles. The van der Waals surface area contributed by atoms with Gasteiger partial charge in [0.25, 0.3) is 0 Å². The van der Waals surface area contributed by atoms with E-state index in [4.69, 9.17) is 49.0 Å². The molecule has 7 heteroatoms. The van der Waals surface area contributed by atoms with Gasteiger partial charge in [0.1, 0.15) is 12.7 Å². The van der Waals surface area contributed by atoms with Crippen LogP contribution < -0.4 is 0 Å². The fourth-order valence-corrected chi connectivity index (χ4v) is 2.66. The van der Waals surface area contributed by atoms with Crippen LogP contribution in [0, 0.1) is 11.8 Å². The van der Waals surface area contributed by atoms with Crippen molar-refractivity contribution < 1.29 is 19.0 Å². The first-order chi connectivity index (χ1) is 9.15. The number of alkyl halides is 3. The molecular formula is C13H21Cl3O4. The molecule has 1 fully saturated rings. The van der Waals surface area contributed by atoms with Crippen LogP contribution in [-0.4, -0.2) is 34.9 Å². The second-order valence-corrected chi connectivity index (χ2v) is 7.76. The summed E-state index contributed by atoms with van der Waals surface area (Å²) in [5, 5.41) is 0. The lowest BCUT2D eigenvalue weighted by atomic mass is 9.81. The maximum absolute atomic E-state index is 11.6. The highest BCUT2D eigenvalue weighted by Crippen LogP contribution is 2.34. The van der Waals surface area contributed by atoms with E-state index in [-0.39, 0.29) is 30.8 Å². The van der Waals surface area contributed by atoms with Crippen molar-refractivity contribution in [3.63, 3.8) is 0 Å². The third-order valence-corrected chi connectivity index (χ3v) is 4.10. The Bertz CT molecular complexity index is 332. The standard InChI is InChI=1S/C13H21Cl3O4/c1-5-10-7(2)8(3)11(9(4)19-10)20-12(17)18-6-13(14,15)16/h7-11H,5-6H2,1-4H3/t7-,8-,9+,10?,11?/m0/s1. The Balaban J connectivity index is 2.56. The van der Waals surface area contributed by atoms with Gasteiger partial charge in [0, 0.05) is 5.92 Å². The van der Waals surface area contributed by atoms with E-state index in [1.54, 1.807) is 0 Å². The second-order valence-electron chi connectivity index (χ2n) is 5.24. The van der Waals surface area contributed by atoms with Gasteiger partial charge in [-0.1, -0.05) is 55.6 Å². The monoisotopic (exact) mass is 346 g/mol. The molecule has 1 aliphatic rings. The van der Waals surface area contributed by atoms with Crippen molar-refractivity contribution in [2.75, 3.05) is 6.61 Å². The average molecular weight is 348 g/mol. The van der Waals surface area contributed by atoms with Crippen molar-refractivity contribution in [1.82, 2.24) is 0 Å². The van der Waals surface area contributed by atoms with Gasteiger partial charge in [0.15, 0.2) is 0 Å². The molecular weight excluding hydrogens is 326 g/mol. The third kappa shape index (κ3) is 5.14. The van der Waals surface area contributed by atoms with E-state index in [0.29, 0.717) is 5.92 Å². The number of hydrogen-bond acceptors (Lipinski definition) is 4. The number of halogens is 3. The Morgan fingerprint density at radius 3 is 2.30 bits per heavy atom. The SMILES string of the molecule is CCC1O[C@H](C)C(OC(=O)OCC(Cl)(Cl)Cl)[C@@H](C)[C@@H]1C. The van der Waals surface area contributed by atoms with Gasteiger partial charge in [0.2, 0.25) is 3.79 Å². The minimum atomic E-state index is -1.64. The van der Waals surface area contributed by atoms with Gasteiger partial charge < -0.3 is 14.2 Å². The first-order valence-electron chi connectivity index (χ1n) is 6.71. The lowest BCUT2D eigenvalue weighted by molar-refractivity contribution is -0.168. The first kappa shape index (κ1) is 18.1. The van der Waals surface area contributed by atoms with E-state index >= 15 is 0 Å². The average Bonchev–Trinajstić information content (AvgIpc) is 2.35. The molecule has 0 amide bonds. The molecule has 0 aromatic rings. The number of hydrogen-bond donors (Lipinski definition) is 0. The highest BCUT2D eigenvalue weighted by atomic mass is 35.6. The molecule has 0 aromatic heterocycles. The zero-order valence-corrected chi connectivity index (χ0v) is 14.3. The Labute approximate surface area is 135 Å². The Kier molecular flexibility index (Phi) is 6.71. The van der Waals surface area contributed by atoms with E-state index in [1.807, 2.05) is 13.8 Å². The Morgan fingerprint density at radius 2 is 1.80 bits per heavy atom. The van der Waals surface area contributed by atoms with Crippen LogP contribution in [0.5, 0.6) is 0 Å². The van der Waals surface area contributed by atoms with Crippen LogP contribution in [0.2, 0.25) is 0 Å². The molecule has 5 atom stereocenters. The Hall–Kier alpha value is 0.1000. The molecule has 0 radical (unpaired) electrons. The van der Waals surface area contributed by atoms with Crippen molar-refractivity contribution in [3.8, 4) is 0 Å². The van der Waals surface area contributed by atoms with Gasteiger partial charge in [-0.05, 0) is 19.3 Å². The summed E-state index contributed by atoms with van der Waals surface area (Å²) in [5.41, 5.74) is 0. The van der Waals surface area contributed by atoms with Gasteiger partial charge in [-0.25, -0.2) is 4.79 Å². The Morgan fingerprint density at radius 1 is 1.20 bits per heavy atom. The summed E-state index contributed by atoms with van der Waals surface area (Å²) in [7, 11) is 0. The fraction of sp³-hybridized carbons (Fsp3) is 0.923. The van der Waals surface area contributed by atoms with Crippen LogP contribution in [-0.2, 0) is 14.2 Å². The lowest BCUT2D eigenvalue weighted by Gasteiger charge is -2.42. The van der Waals surface area contributed by atoms with Crippen LogP contribution >= 0.6 is 34.8 Å². The highest BCUT2D eigenvalue weighted by molar-refractivity contribution is 6.67. The molecule has 20 heavy (non-hydrogen) atoms. The van der Waals surface area contributed by atoms with Crippen molar-refractivity contribution >= 4 is 41.0 Å². The smallest absolute Gasteiger partial charge is 0.430 e. The van der Waals surface area contributed by atoms with Gasteiger partial charge in [-0.2, -0.15) is 0 Å². The maximum Gasteiger partial charge on any atom is 0.508 e. The number of carbonyl (C=O) groups excluding carboxylic acids is 1. The van der Waals surface area contributed by atoms with Crippen molar-refractivity contribution in [1.29, 1.82) is 0 Å². The van der Waals surface area contributed by atoms with Gasteiger partial charge in [-0.3, -0.25) is 0 Å². The highest BCUT2D eigenvalue weighted by Gasteiger charge is 2.41. The zero-order valence-electron chi connectivity index (χ0n) is 12.1. The molecule has 1 rings (SSSR count). The summed E-state index contributed by atoms with van der Waals surface area (Å²) >= 11 is 16.5. The van der Waals surface area contributed by atoms with Crippen molar-refractivity contribution in [2.24, 2.45) is 11.8 Å². The largest absolute Gasteiger partial charge is 0.508 e.